The number of hydrogen-bond acceptors (Lipinski definition) is 3. The fourth-order valence-corrected chi connectivity index (χ4v) is 0.969. The third kappa shape index (κ3) is 5.28. The van der Waals surface area contributed by atoms with Crippen LogP contribution in [0.15, 0.2) is 0 Å². The standard InChI is InChI=1S/C6H11N3.2ClH/c7-1-4-9-5-2-8-3-6-9;;/h8H,2-6H2;2*1H. The molecule has 0 atom stereocenters. The van der Waals surface area contributed by atoms with Gasteiger partial charge < -0.3 is 5.32 Å². The van der Waals surface area contributed by atoms with Crippen molar-refractivity contribution in [1.82, 2.24) is 10.2 Å². The van der Waals surface area contributed by atoms with Gasteiger partial charge in [0.05, 0.1) is 12.6 Å². The first-order chi connectivity index (χ1) is 4.43. The number of halogens is 2. The fourth-order valence-electron chi connectivity index (χ4n) is 0.969. The summed E-state index contributed by atoms with van der Waals surface area (Å²) >= 11 is 0. The second-order valence-corrected chi connectivity index (χ2v) is 2.18. The van der Waals surface area contributed by atoms with Gasteiger partial charge in [-0.05, 0) is 0 Å². The molecule has 1 rings (SSSR count). The predicted octanol–water partition coefficient (Wildman–Crippen LogP) is 0.259. The molecular weight excluding hydrogens is 185 g/mol. The van der Waals surface area contributed by atoms with E-state index in [4.69, 9.17) is 5.26 Å². The van der Waals surface area contributed by atoms with E-state index < -0.39 is 0 Å². The van der Waals surface area contributed by atoms with E-state index in [2.05, 4.69) is 16.3 Å². The van der Waals surface area contributed by atoms with Gasteiger partial charge in [0.15, 0.2) is 0 Å². The van der Waals surface area contributed by atoms with Crippen molar-refractivity contribution in [2.75, 3.05) is 32.7 Å². The second kappa shape index (κ2) is 8.09. The van der Waals surface area contributed by atoms with Gasteiger partial charge in [-0.15, -0.1) is 24.8 Å². The molecule has 1 saturated heterocycles. The maximum Gasteiger partial charge on any atom is 0.0866 e. The quantitative estimate of drug-likeness (QED) is 0.614. The zero-order valence-corrected chi connectivity index (χ0v) is 7.88. The van der Waals surface area contributed by atoms with Crippen LogP contribution in [0.5, 0.6) is 0 Å². The molecule has 66 valence electrons. The molecule has 1 N–H and O–H groups in total. The van der Waals surface area contributed by atoms with Gasteiger partial charge in [-0.2, -0.15) is 5.26 Å². The molecule has 0 bridgehead atoms. The van der Waals surface area contributed by atoms with Crippen LogP contribution in [0.25, 0.3) is 0 Å². The van der Waals surface area contributed by atoms with Crippen molar-refractivity contribution in [1.29, 1.82) is 5.26 Å². The van der Waals surface area contributed by atoms with Crippen LogP contribution in [0, 0.1) is 11.3 Å². The van der Waals surface area contributed by atoms with Crippen LogP contribution in [-0.2, 0) is 0 Å². The fraction of sp³-hybridized carbons (Fsp3) is 0.833. The molecule has 0 aromatic rings. The summed E-state index contributed by atoms with van der Waals surface area (Å²) in [6, 6.07) is 2.14. The average Bonchev–Trinajstić information content (AvgIpc) is 1.91. The van der Waals surface area contributed by atoms with Crippen molar-refractivity contribution < 1.29 is 0 Å². The lowest BCUT2D eigenvalue weighted by Crippen LogP contribution is -2.43. The van der Waals surface area contributed by atoms with Gasteiger partial charge in [-0.3, -0.25) is 4.90 Å². The number of nitrogens with zero attached hydrogens (tertiary/aromatic N) is 2. The van der Waals surface area contributed by atoms with Crippen molar-refractivity contribution in [3.8, 4) is 6.07 Å². The van der Waals surface area contributed by atoms with Gasteiger partial charge in [0.1, 0.15) is 0 Å². The summed E-state index contributed by atoms with van der Waals surface area (Å²) in [5.41, 5.74) is 0. The third-order valence-electron chi connectivity index (χ3n) is 1.50. The Morgan fingerprint density at radius 1 is 1.27 bits per heavy atom. The van der Waals surface area contributed by atoms with Crippen LogP contribution >= 0.6 is 24.8 Å². The number of nitriles is 1. The van der Waals surface area contributed by atoms with Gasteiger partial charge in [0.25, 0.3) is 0 Å². The Bertz CT molecular complexity index is 117. The van der Waals surface area contributed by atoms with Crippen molar-refractivity contribution >= 4 is 24.8 Å². The number of nitrogens with one attached hydrogen (secondary N) is 1. The molecule has 0 aromatic carbocycles. The average molecular weight is 198 g/mol. The lowest BCUT2D eigenvalue weighted by atomic mass is 10.4. The van der Waals surface area contributed by atoms with Crippen LogP contribution in [0.4, 0.5) is 0 Å². The Hall–Kier alpha value is -0.0100. The molecule has 3 nitrogen and oxygen atoms in total. The number of piperazine rings is 1. The molecule has 0 aromatic heterocycles. The van der Waals surface area contributed by atoms with Gasteiger partial charge in [-0.25, -0.2) is 0 Å². The van der Waals surface area contributed by atoms with Gasteiger partial charge in [-0.1, -0.05) is 0 Å². The Labute approximate surface area is 79.6 Å². The Balaban J connectivity index is 0. The van der Waals surface area contributed by atoms with Crippen molar-refractivity contribution in [2.45, 2.75) is 0 Å². The third-order valence-corrected chi connectivity index (χ3v) is 1.50. The van der Waals surface area contributed by atoms with Crippen molar-refractivity contribution in [2.24, 2.45) is 0 Å². The first-order valence-corrected chi connectivity index (χ1v) is 3.23. The first-order valence-electron chi connectivity index (χ1n) is 3.23. The second-order valence-electron chi connectivity index (χ2n) is 2.18. The van der Waals surface area contributed by atoms with E-state index in [-0.39, 0.29) is 24.8 Å². The van der Waals surface area contributed by atoms with Gasteiger partial charge in [0, 0.05) is 26.2 Å². The Morgan fingerprint density at radius 3 is 2.27 bits per heavy atom. The van der Waals surface area contributed by atoms with Crippen LogP contribution in [0.1, 0.15) is 0 Å². The summed E-state index contributed by atoms with van der Waals surface area (Å²) < 4.78 is 0. The summed E-state index contributed by atoms with van der Waals surface area (Å²) in [4.78, 5) is 2.15. The molecule has 5 heteroatoms. The summed E-state index contributed by atoms with van der Waals surface area (Å²) in [5.74, 6) is 0. The first kappa shape index (κ1) is 13.6. The largest absolute Gasteiger partial charge is 0.314 e. The number of hydrogen-bond donors (Lipinski definition) is 1. The van der Waals surface area contributed by atoms with E-state index in [1.165, 1.54) is 0 Å². The topological polar surface area (TPSA) is 39.1 Å². The highest BCUT2D eigenvalue weighted by Crippen LogP contribution is 1.88. The molecule has 0 spiro atoms. The van der Waals surface area contributed by atoms with E-state index in [1.807, 2.05) is 0 Å². The Kier molecular flexibility index (Phi) is 9.98. The molecule has 1 fully saturated rings. The van der Waals surface area contributed by atoms with Crippen molar-refractivity contribution in [3.63, 3.8) is 0 Å². The maximum absolute atomic E-state index is 8.31. The minimum Gasteiger partial charge on any atom is -0.314 e. The lowest BCUT2D eigenvalue weighted by Gasteiger charge is -2.24. The van der Waals surface area contributed by atoms with Crippen LogP contribution in [0.3, 0.4) is 0 Å². The number of rotatable bonds is 1. The van der Waals surface area contributed by atoms with E-state index in [9.17, 15) is 0 Å². The molecule has 0 unspecified atom stereocenters. The molecule has 0 radical (unpaired) electrons. The normalized spacial score (nSPS) is 17.4. The summed E-state index contributed by atoms with van der Waals surface area (Å²) in [6.45, 7) is 4.69. The monoisotopic (exact) mass is 197 g/mol. The lowest BCUT2D eigenvalue weighted by molar-refractivity contribution is 0.267. The molecule has 0 aliphatic carbocycles. The molecule has 0 amide bonds. The van der Waals surface area contributed by atoms with E-state index in [1.54, 1.807) is 0 Å². The minimum atomic E-state index is 0. The van der Waals surface area contributed by atoms with Crippen LogP contribution in [-0.4, -0.2) is 37.6 Å². The highest BCUT2D eigenvalue weighted by Gasteiger charge is 2.06. The SMILES string of the molecule is Cl.Cl.N#CCN1CCNCC1. The van der Waals surface area contributed by atoms with E-state index in [0.29, 0.717) is 6.54 Å². The molecule has 0 saturated carbocycles. The van der Waals surface area contributed by atoms with Crippen LogP contribution < -0.4 is 5.32 Å². The highest BCUT2D eigenvalue weighted by atomic mass is 35.5. The van der Waals surface area contributed by atoms with E-state index >= 15 is 0 Å². The van der Waals surface area contributed by atoms with Gasteiger partial charge >= 0.3 is 0 Å². The molecule has 11 heavy (non-hydrogen) atoms. The predicted molar refractivity (Wildman–Crippen MR) is 49.4 cm³/mol. The maximum atomic E-state index is 8.31. The zero-order chi connectivity index (χ0) is 6.53. The Morgan fingerprint density at radius 2 is 1.82 bits per heavy atom. The minimum absolute atomic E-state index is 0. The van der Waals surface area contributed by atoms with Crippen molar-refractivity contribution in [3.05, 3.63) is 0 Å². The summed E-state index contributed by atoms with van der Waals surface area (Å²) in [5, 5.41) is 11.5. The molecule has 1 aliphatic rings. The molecule has 1 aliphatic heterocycles. The summed E-state index contributed by atoms with van der Waals surface area (Å²) in [7, 11) is 0. The molecular formula is C6H13Cl2N3. The molecule has 1 heterocycles. The highest BCUT2D eigenvalue weighted by molar-refractivity contribution is 5.85. The van der Waals surface area contributed by atoms with E-state index in [0.717, 1.165) is 26.2 Å². The van der Waals surface area contributed by atoms with Gasteiger partial charge in [0.2, 0.25) is 0 Å². The van der Waals surface area contributed by atoms with Crippen LogP contribution in [0.2, 0.25) is 0 Å². The smallest absolute Gasteiger partial charge is 0.0866 e. The summed E-state index contributed by atoms with van der Waals surface area (Å²) in [6.07, 6.45) is 0. The zero-order valence-electron chi connectivity index (χ0n) is 6.25.